The molecule has 0 saturated heterocycles. The van der Waals surface area contributed by atoms with Gasteiger partial charge in [0.15, 0.2) is 0 Å². The van der Waals surface area contributed by atoms with Crippen LogP contribution in [-0.2, 0) is 5.41 Å². The molecule has 13 heavy (non-hydrogen) atoms. The van der Waals surface area contributed by atoms with Gasteiger partial charge in [-0.15, -0.1) is 0 Å². The first kappa shape index (κ1) is 8.70. The van der Waals surface area contributed by atoms with Crippen molar-refractivity contribution >= 4 is 0 Å². The molecule has 2 nitrogen and oxygen atoms in total. The fraction of sp³-hybridized carbons (Fsp3) is 0.545. The zero-order valence-electron chi connectivity index (χ0n) is 8.25. The summed E-state index contributed by atoms with van der Waals surface area (Å²) >= 11 is 0. The molecule has 1 aromatic rings. The van der Waals surface area contributed by atoms with Crippen molar-refractivity contribution < 1.29 is 0 Å². The summed E-state index contributed by atoms with van der Waals surface area (Å²) in [5, 5.41) is 0. The zero-order chi connectivity index (χ0) is 9.53. The Bertz CT molecular complexity index is 299. The average molecular weight is 176 g/mol. The van der Waals surface area contributed by atoms with Crippen molar-refractivity contribution in [2.45, 2.75) is 37.6 Å². The zero-order valence-corrected chi connectivity index (χ0v) is 8.25. The van der Waals surface area contributed by atoms with E-state index < -0.39 is 0 Å². The Labute approximate surface area is 79.2 Å². The van der Waals surface area contributed by atoms with Crippen LogP contribution >= 0.6 is 0 Å². The predicted molar refractivity (Wildman–Crippen MR) is 53.4 cm³/mol. The van der Waals surface area contributed by atoms with Crippen LogP contribution in [0.1, 0.15) is 32.4 Å². The van der Waals surface area contributed by atoms with Crippen LogP contribution in [0.15, 0.2) is 24.4 Å². The van der Waals surface area contributed by atoms with Crippen LogP contribution in [0.3, 0.4) is 0 Å². The fourth-order valence-corrected chi connectivity index (χ4v) is 1.75. The van der Waals surface area contributed by atoms with Crippen molar-refractivity contribution in [1.29, 1.82) is 0 Å². The second-order valence-electron chi connectivity index (χ2n) is 4.50. The number of rotatable bonds is 2. The van der Waals surface area contributed by atoms with E-state index in [0.717, 1.165) is 18.5 Å². The minimum atomic E-state index is -0.0125. The molecule has 0 unspecified atom stereocenters. The topological polar surface area (TPSA) is 38.9 Å². The monoisotopic (exact) mass is 176 g/mol. The number of hydrogen-bond acceptors (Lipinski definition) is 2. The van der Waals surface area contributed by atoms with Crippen LogP contribution in [0.2, 0.25) is 0 Å². The Morgan fingerprint density at radius 2 is 2.08 bits per heavy atom. The van der Waals surface area contributed by atoms with Crippen molar-refractivity contribution in [3.63, 3.8) is 0 Å². The van der Waals surface area contributed by atoms with E-state index in [1.807, 2.05) is 18.3 Å². The maximum atomic E-state index is 6.22. The van der Waals surface area contributed by atoms with Crippen LogP contribution in [-0.4, -0.2) is 10.5 Å². The van der Waals surface area contributed by atoms with Gasteiger partial charge in [-0.25, -0.2) is 0 Å². The van der Waals surface area contributed by atoms with Gasteiger partial charge in [-0.05, 0) is 25.0 Å². The first-order valence-electron chi connectivity index (χ1n) is 4.77. The number of nitrogens with two attached hydrogens (primary N) is 1. The summed E-state index contributed by atoms with van der Waals surface area (Å²) in [7, 11) is 0. The van der Waals surface area contributed by atoms with Crippen molar-refractivity contribution in [3.8, 4) is 0 Å². The Hall–Kier alpha value is -0.890. The Morgan fingerprint density at radius 3 is 2.54 bits per heavy atom. The van der Waals surface area contributed by atoms with Crippen LogP contribution in [0.5, 0.6) is 0 Å². The second-order valence-corrected chi connectivity index (χ2v) is 4.50. The first-order chi connectivity index (χ1) is 6.06. The Morgan fingerprint density at radius 1 is 1.38 bits per heavy atom. The van der Waals surface area contributed by atoms with E-state index in [4.69, 9.17) is 5.73 Å². The summed E-state index contributed by atoms with van der Waals surface area (Å²) in [6.07, 6.45) is 4.08. The van der Waals surface area contributed by atoms with Gasteiger partial charge >= 0.3 is 0 Å². The summed E-state index contributed by atoms with van der Waals surface area (Å²) in [6.45, 7) is 4.37. The predicted octanol–water partition coefficient (Wildman–Crippen LogP) is 1.85. The molecule has 1 heterocycles. The van der Waals surface area contributed by atoms with Crippen molar-refractivity contribution in [1.82, 2.24) is 4.98 Å². The largest absolute Gasteiger partial charge is 0.324 e. The van der Waals surface area contributed by atoms with Gasteiger partial charge in [0, 0.05) is 22.8 Å². The van der Waals surface area contributed by atoms with E-state index in [1.54, 1.807) is 0 Å². The van der Waals surface area contributed by atoms with Crippen LogP contribution in [0.4, 0.5) is 0 Å². The lowest BCUT2D eigenvalue weighted by molar-refractivity contribution is 0.381. The van der Waals surface area contributed by atoms with Crippen LogP contribution in [0, 0.1) is 0 Å². The highest BCUT2D eigenvalue weighted by Crippen LogP contribution is 2.48. The van der Waals surface area contributed by atoms with Gasteiger partial charge in [-0.3, -0.25) is 4.98 Å². The van der Waals surface area contributed by atoms with Gasteiger partial charge < -0.3 is 5.73 Å². The van der Waals surface area contributed by atoms with Gasteiger partial charge in [0.1, 0.15) is 0 Å². The third kappa shape index (κ3) is 1.25. The van der Waals surface area contributed by atoms with Crippen molar-refractivity contribution in [2.75, 3.05) is 0 Å². The first-order valence-corrected chi connectivity index (χ1v) is 4.77. The summed E-state index contributed by atoms with van der Waals surface area (Å²) in [5.41, 5.74) is 7.32. The highest BCUT2D eigenvalue weighted by Gasteiger charge is 2.52. The van der Waals surface area contributed by atoms with Gasteiger partial charge in [0.2, 0.25) is 0 Å². The molecule has 0 bridgehead atoms. The van der Waals surface area contributed by atoms with Gasteiger partial charge in [-0.2, -0.15) is 0 Å². The molecule has 0 spiro atoms. The molecular weight excluding hydrogens is 160 g/mol. The third-order valence-electron chi connectivity index (χ3n) is 3.34. The van der Waals surface area contributed by atoms with E-state index in [1.165, 1.54) is 0 Å². The molecule has 1 fully saturated rings. The molecule has 0 amide bonds. The van der Waals surface area contributed by atoms with E-state index >= 15 is 0 Å². The summed E-state index contributed by atoms with van der Waals surface area (Å²) < 4.78 is 0. The third-order valence-corrected chi connectivity index (χ3v) is 3.34. The summed E-state index contributed by atoms with van der Waals surface area (Å²) in [5.74, 6) is 0. The highest BCUT2D eigenvalue weighted by atomic mass is 14.9. The van der Waals surface area contributed by atoms with Gasteiger partial charge in [-0.1, -0.05) is 19.9 Å². The minimum Gasteiger partial charge on any atom is -0.324 e. The molecule has 0 aromatic carbocycles. The average Bonchev–Trinajstić information content (AvgIpc) is 2.87. The molecule has 1 aliphatic rings. The molecule has 0 aliphatic heterocycles. The lowest BCUT2D eigenvalue weighted by atomic mass is 9.79. The van der Waals surface area contributed by atoms with E-state index in [0.29, 0.717) is 0 Å². The van der Waals surface area contributed by atoms with Crippen molar-refractivity contribution in [2.24, 2.45) is 5.73 Å². The standard InChI is InChI=1S/C11H16N2/c1-10(2,11(12)6-7-11)9-5-3-4-8-13-9/h3-5,8H,6-7,12H2,1-2H3. The molecule has 2 rings (SSSR count). The normalized spacial score (nSPS) is 19.9. The Balaban J connectivity index is 2.35. The quantitative estimate of drug-likeness (QED) is 0.747. The smallest absolute Gasteiger partial charge is 0.0478 e. The van der Waals surface area contributed by atoms with E-state index in [-0.39, 0.29) is 11.0 Å². The lowest BCUT2D eigenvalue weighted by Crippen LogP contribution is -2.43. The number of aromatic nitrogens is 1. The van der Waals surface area contributed by atoms with Gasteiger partial charge in [0.25, 0.3) is 0 Å². The van der Waals surface area contributed by atoms with Crippen LogP contribution < -0.4 is 5.73 Å². The van der Waals surface area contributed by atoms with E-state index in [2.05, 4.69) is 24.9 Å². The molecule has 0 atom stereocenters. The molecule has 2 N–H and O–H groups in total. The second kappa shape index (κ2) is 2.55. The van der Waals surface area contributed by atoms with E-state index in [9.17, 15) is 0 Å². The SMILES string of the molecule is CC(C)(c1ccccn1)C1(N)CC1. The van der Waals surface area contributed by atoms with Gasteiger partial charge in [0.05, 0.1) is 0 Å². The summed E-state index contributed by atoms with van der Waals surface area (Å²) in [4.78, 5) is 4.38. The number of nitrogens with zero attached hydrogens (tertiary/aromatic N) is 1. The number of hydrogen-bond donors (Lipinski definition) is 1. The molecule has 1 aromatic heterocycles. The molecule has 2 heteroatoms. The highest BCUT2D eigenvalue weighted by molar-refractivity contribution is 5.26. The summed E-state index contributed by atoms with van der Waals surface area (Å²) in [6, 6.07) is 6.03. The molecule has 1 saturated carbocycles. The number of pyridine rings is 1. The maximum absolute atomic E-state index is 6.22. The molecular formula is C11H16N2. The molecule has 1 aliphatic carbocycles. The maximum Gasteiger partial charge on any atom is 0.0478 e. The lowest BCUT2D eigenvalue weighted by Gasteiger charge is -2.31. The molecule has 0 radical (unpaired) electrons. The van der Waals surface area contributed by atoms with Crippen LogP contribution in [0.25, 0.3) is 0 Å². The van der Waals surface area contributed by atoms with Crippen molar-refractivity contribution in [3.05, 3.63) is 30.1 Å². The molecule has 70 valence electrons. The minimum absolute atomic E-state index is 0.00819. The fourth-order valence-electron chi connectivity index (χ4n) is 1.75. The Kier molecular flexibility index (Phi) is 1.70.